The Bertz CT molecular complexity index is 804. The molecular formula is C18H26N4O3S. The summed E-state index contributed by atoms with van der Waals surface area (Å²) in [4.78, 5) is 6.72. The number of benzene rings is 1. The van der Waals surface area contributed by atoms with Gasteiger partial charge in [0.15, 0.2) is 5.58 Å². The van der Waals surface area contributed by atoms with Crippen molar-refractivity contribution >= 4 is 27.1 Å². The average Bonchev–Trinajstić information content (AvgIpc) is 3.32. The van der Waals surface area contributed by atoms with Crippen LogP contribution in [0.1, 0.15) is 25.7 Å². The highest BCUT2D eigenvalue weighted by atomic mass is 32.2. The van der Waals surface area contributed by atoms with Crippen LogP contribution in [-0.2, 0) is 10.0 Å². The highest BCUT2D eigenvalue weighted by Gasteiger charge is 2.26. The SMILES string of the molecule is O=S(=O)(CCNC1CCN(c2nc3ccccc3o2)CC1)N1CCCC1. The number of hydrogen-bond donors (Lipinski definition) is 1. The number of nitrogens with zero attached hydrogens (tertiary/aromatic N) is 3. The van der Waals surface area contributed by atoms with E-state index in [2.05, 4.69) is 15.2 Å². The molecule has 2 aromatic rings. The topological polar surface area (TPSA) is 78.7 Å². The van der Waals surface area contributed by atoms with Crippen molar-refractivity contribution in [1.29, 1.82) is 0 Å². The predicted octanol–water partition coefficient (Wildman–Crippen LogP) is 1.81. The number of anilines is 1. The van der Waals surface area contributed by atoms with Gasteiger partial charge in [-0.25, -0.2) is 12.7 Å². The second-order valence-electron chi connectivity index (χ2n) is 7.10. The van der Waals surface area contributed by atoms with Gasteiger partial charge in [-0.1, -0.05) is 12.1 Å². The summed E-state index contributed by atoms with van der Waals surface area (Å²) in [6.45, 7) is 3.62. The largest absolute Gasteiger partial charge is 0.423 e. The third-order valence-corrected chi connectivity index (χ3v) is 7.17. The van der Waals surface area contributed by atoms with E-state index in [1.54, 1.807) is 4.31 Å². The summed E-state index contributed by atoms with van der Waals surface area (Å²) < 4.78 is 32.0. The molecule has 1 aromatic heterocycles. The van der Waals surface area contributed by atoms with Gasteiger partial charge in [-0.3, -0.25) is 0 Å². The molecular weight excluding hydrogens is 352 g/mol. The molecule has 1 aromatic carbocycles. The lowest BCUT2D eigenvalue weighted by atomic mass is 10.1. The van der Waals surface area contributed by atoms with E-state index >= 15 is 0 Å². The zero-order valence-corrected chi connectivity index (χ0v) is 15.7. The molecule has 0 atom stereocenters. The van der Waals surface area contributed by atoms with Crippen LogP contribution in [0.25, 0.3) is 11.1 Å². The van der Waals surface area contributed by atoms with Gasteiger partial charge >= 0.3 is 0 Å². The number of aromatic nitrogens is 1. The van der Waals surface area contributed by atoms with E-state index < -0.39 is 10.0 Å². The second kappa shape index (κ2) is 7.54. The zero-order valence-electron chi connectivity index (χ0n) is 14.9. The lowest BCUT2D eigenvalue weighted by Crippen LogP contribution is -2.44. The highest BCUT2D eigenvalue weighted by molar-refractivity contribution is 7.89. The quantitative estimate of drug-likeness (QED) is 0.826. The minimum Gasteiger partial charge on any atom is -0.423 e. The molecule has 1 N–H and O–H groups in total. The standard InChI is InChI=1S/C18H26N4O3S/c23-26(24,22-10-3-4-11-22)14-9-19-15-7-12-21(13-8-15)18-20-16-5-1-2-6-17(16)25-18/h1-2,5-6,15,19H,3-4,7-14H2. The second-order valence-corrected chi connectivity index (χ2v) is 9.19. The van der Waals surface area contributed by atoms with Crippen LogP contribution >= 0.6 is 0 Å². The van der Waals surface area contributed by atoms with Crippen LogP contribution in [0, 0.1) is 0 Å². The molecule has 0 saturated carbocycles. The molecule has 4 rings (SSSR count). The Morgan fingerprint density at radius 2 is 1.85 bits per heavy atom. The molecule has 0 aliphatic carbocycles. The van der Waals surface area contributed by atoms with E-state index in [4.69, 9.17) is 4.42 Å². The number of fused-ring (bicyclic) bond motifs is 1. The van der Waals surface area contributed by atoms with Crippen molar-refractivity contribution in [3.8, 4) is 0 Å². The summed E-state index contributed by atoms with van der Waals surface area (Å²) in [5.74, 6) is 0.193. The number of piperidine rings is 1. The Balaban J connectivity index is 1.25. The molecule has 8 heteroatoms. The normalized spacial score (nSPS) is 20.2. The number of hydrogen-bond acceptors (Lipinski definition) is 6. The predicted molar refractivity (Wildman–Crippen MR) is 102 cm³/mol. The van der Waals surface area contributed by atoms with E-state index in [0.29, 0.717) is 31.7 Å². The Morgan fingerprint density at radius 3 is 2.58 bits per heavy atom. The lowest BCUT2D eigenvalue weighted by molar-refractivity contribution is 0.405. The molecule has 3 heterocycles. The maximum Gasteiger partial charge on any atom is 0.298 e. The monoisotopic (exact) mass is 378 g/mol. The lowest BCUT2D eigenvalue weighted by Gasteiger charge is -2.31. The molecule has 2 aliphatic rings. The average molecular weight is 378 g/mol. The van der Waals surface area contributed by atoms with E-state index in [9.17, 15) is 8.42 Å². The van der Waals surface area contributed by atoms with E-state index in [0.717, 1.165) is 49.9 Å². The van der Waals surface area contributed by atoms with Gasteiger partial charge < -0.3 is 14.6 Å². The minimum atomic E-state index is -3.09. The van der Waals surface area contributed by atoms with E-state index in [-0.39, 0.29) is 5.75 Å². The van der Waals surface area contributed by atoms with Crippen LogP contribution in [0.4, 0.5) is 6.01 Å². The smallest absolute Gasteiger partial charge is 0.298 e. The first-order chi connectivity index (χ1) is 12.6. The minimum absolute atomic E-state index is 0.193. The number of rotatable bonds is 6. The van der Waals surface area contributed by atoms with Gasteiger partial charge in [-0.15, -0.1) is 0 Å². The van der Waals surface area contributed by atoms with Gasteiger partial charge in [0.05, 0.1) is 5.75 Å². The molecule has 2 fully saturated rings. The Morgan fingerprint density at radius 1 is 1.12 bits per heavy atom. The number of oxazole rings is 1. The van der Waals surface area contributed by atoms with Crippen LogP contribution in [-0.4, -0.2) is 62.2 Å². The van der Waals surface area contributed by atoms with Crippen molar-refractivity contribution in [2.45, 2.75) is 31.7 Å². The van der Waals surface area contributed by atoms with Crippen molar-refractivity contribution < 1.29 is 12.8 Å². The molecule has 0 unspecified atom stereocenters. The Labute approximate surface area is 154 Å². The van der Waals surface area contributed by atoms with Crippen molar-refractivity contribution in [1.82, 2.24) is 14.6 Å². The fourth-order valence-corrected chi connectivity index (χ4v) is 5.21. The fraction of sp³-hybridized carbons (Fsp3) is 0.611. The maximum atomic E-state index is 12.3. The zero-order chi connectivity index (χ0) is 18.0. The molecule has 2 saturated heterocycles. The molecule has 7 nitrogen and oxygen atoms in total. The molecule has 142 valence electrons. The summed E-state index contributed by atoms with van der Waals surface area (Å²) in [6, 6.07) is 8.83. The molecule has 2 aliphatic heterocycles. The first-order valence-corrected chi connectivity index (χ1v) is 11.0. The first kappa shape index (κ1) is 17.8. The Hall–Kier alpha value is -1.64. The van der Waals surface area contributed by atoms with E-state index in [1.165, 1.54) is 0 Å². The molecule has 26 heavy (non-hydrogen) atoms. The summed E-state index contributed by atoms with van der Waals surface area (Å²) in [7, 11) is -3.09. The molecule has 0 amide bonds. The third kappa shape index (κ3) is 3.87. The van der Waals surface area contributed by atoms with Gasteiger partial charge in [0.1, 0.15) is 5.52 Å². The summed E-state index contributed by atoms with van der Waals surface area (Å²) >= 11 is 0. The molecule has 0 bridgehead atoms. The van der Waals surface area contributed by atoms with Crippen LogP contribution in [0.3, 0.4) is 0 Å². The number of para-hydroxylation sites is 2. The van der Waals surface area contributed by atoms with Crippen LogP contribution in [0.5, 0.6) is 0 Å². The number of sulfonamides is 1. The summed E-state index contributed by atoms with van der Waals surface area (Å²) in [5.41, 5.74) is 1.70. The fourth-order valence-electron chi connectivity index (χ4n) is 3.76. The molecule has 0 radical (unpaired) electrons. The summed E-state index contributed by atoms with van der Waals surface area (Å²) in [6.07, 6.45) is 3.90. The first-order valence-electron chi connectivity index (χ1n) is 9.43. The van der Waals surface area contributed by atoms with E-state index in [1.807, 2.05) is 24.3 Å². The van der Waals surface area contributed by atoms with Crippen molar-refractivity contribution in [2.75, 3.05) is 43.4 Å². The Kier molecular flexibility index (Phi) is 5.15. The van der Waals surface area contributed by atoms with Crippen LogP contribution in [0.15, 0.2) is 28.7 Å². The van der Waals surface area contributed by atoms with Gasteiger partial charge in [-0.05, 0) is 37.8 Å². The van der Waals surface area contributed by atoms with Gasteiger partial charge in [0, 0.05) is 38.8 Å². The molecule has 0 spiro atoms. The summed E-state index contributed by atoms with van der Waals surface area (Å²) in [5, 5.41) is 3.42. The van der Waals surface area contributed by atoms with Crippen LogP contribution < -0.4 is 10.2 Å². The van der Waals surface area contributed by atoms with Gasteiger partial charge in [-0.2, -0.15) is 4.98 Å². The third-order valence-electron chi connectivity index (χ3n) is 5.30. The van der Waals surface area contributed by atoms with Crippen LogP contribution in [0.2, 0.25) is 0 Å². The maximum absolute atomic E-state index is 12.3. The van der Waals surface area contributed by atoms with Crippen molar-refractivity contribution in [3.05, 3.63) is 24.3 Å². The number of nitrogens with one attached hydrogen (secondary N) is 1. The highest BCUT2D eigenvalue weighted by Crippen LogP contribution is 2.24. The van der Waals surface area contributed by atoms with Gasteiger partial charge in [0.25, 0.3) is 6.01 Å². The van der Waals surface area contributed by atoms with Gasteiger partial charge in [0.2, 0.25) is 10.0 Å². The van der Waals surface area contributed by atoms with Crippen molar-refractivity contribution in [3.63, 3.8) is 0 Å². The van der Waals surface area contributed by atoms with Crippen molar-refractivity contribution in [2.24, 2.45) is 0 Å².